The lowest BCUT2D eigenvalue weighted by atomic mass is 10.1. The maximum absolute atomic E-state index is 8.45. The SMILES string of the molecule is OCC=CCCCCCC=CCO. The van der Waals surface area contributed by atoms with Gasteiger partial charge in [-0.1, -0.05) is 30.7 Å². The molecule has 0 saturated heterocycles. The van der Waals surface area contributed by atoms with Crippen LogP contribution in [-0.4, -0.2) is 23.4 Å². The van der Waals surface area contributed by atoms with E-state index >= 15 is 0 Å². The number of hydrogen-bond acceptors (Lipinski definition) is 2. The van der Waals surface area contributed by atoms with Crippen LogP contribution in [0.25, 0.3) is 0 Å². The molecule has 0 fully saturated rings. The fourth-order valence-electron chi connectivity index (χ4n) is 1.09. The van der Waals surface area contributed by atoms with Gasteiger partial charge in [-0.15, -0.1) is 0 Å². The number of aliphatic hydroxyl groups is 2. The summed E-state index contributed by atoms with van der Waals surface area (Å²) in [5, 5.41) is 16.9. The second kappa shape index (κ2) is 11.4. The molecule has 2 N–H and O–H groups in total. The Bertz CT molecular complexity index is 123. The molecule has 0 spiro atoms. The van der Waals surface area contributed by atoms with Gasteiger partial charge in [-0.2, -0.15) is 0 Å². The van der Waals surface area contributed by atoms with E-state index in [1.165, 1.54) is 19.3 Å². The fourth-order valence-corrected chi connectivity index (χ4v) is 1.09. The molecule has 0 saturated carbocycles. The number of hydrogen-bond donors (Lipinski definition) is 2. The Labute approximate surface area is 80.6 Å². The second-order valence-corrected chi connectivity index (χ2v) is 2.95. The highest BCUT2D eigenvalue weighted by molar-refractivity contribution is 4.82. The van der Waals surface area contributed by atoms with Crippen molar-refractivity contribution >= 4 is 0 Å². The van der Waals surface area contributed by atoms with Crippen molar-refractivity contribution in [3.8, 4) is 0 Å². The lowest BCUT2D eigenvalue weighted by Crippen LogP contribution is -1.77. The first-order chi connectivity index (χ1) is 6.41. The molecule has 0 aromatic heterocycles. The van der Waals surface area contributed by atoms with Crippen LogP contribution in [0.4, 0.5) is 0 Å². The van der Waals surface area contributed by atoms with Crippen LogP contribution in [0.3, 0.4) is 0 Å². The maximum Gasteiger partial charge on any atom is 0.0612 e. The normalized spacial score (nSPS) is 11.8. The highest BCUT2D eigenvalue weighted by Gasteiger charge is 1.85. The zero-order valence-electron chi connectivity index (χ0n) is 8.15. The molecular formula is C11H20O2. The summed E-state index contributed by atoms with van der Waals surface area (Å²) < 4.78 is 0. The van der Waals surface area contributed by atoms with Crippen LogP contribution in [0.2, 0.25) is 0 Å². The third-order valence-corrected chi connectivity index (χ3v) is 1.79. The minimum Gasteiger partial charge on any atom is -0.392 e. The first-order valence-corrected chi connectivity index (χ1v) is 4.93. The average Bonchev–Trinajstić information content (AvgIpc) is 2.16. The molecule has 2 nitrogen and oxygen atoms in total. The smallest absolute Gasteiger partial charge is 0.0612 e. The standard InChI is InChI=1S/C11H20O2/c12-10-8-6-4-2-1-3-5-7-9-11-13/h6-9,12-13H,1-5,10-11H2. The Morgan fingerprint density at radius 2 is 1.08 bits per heavy atom. The van der Waals surface area contributed by atoms with Crippen molar-refractivity contribution in [1.29, 1.82) is 0 Å². The van der Waals surface area contributed by atoms with Crippen LogP contribution >= 0.6 is 0 Å². The van der Waals surface area contributed by atoms with Gasteiger partial charge >= 0.3 is 0 Å². The Morgan fingerprint density at radius 1 is 0.615 bits per heavy atom. The van der Waals surface area contributed by atoms with Crippen LogP contribution in [0.5, 0.6) is 0 Å². The van der Waals surface area contributed by atoms with Gasteiger partial charge in [0.1, 0.15) is 0 Å². The zero-order valence-corrected chi connectivity index (χ0v) is 8.15. The molecule has 0 unspecified atom stereocenters. The second-order valence-electron chi connectivity index (χ2n) is 2.95. The molecule has 0 aliphatic rings. The van der Waals surface area contributed by atoms with Crippen molar-refractivity contribution in [3.05, 3.63) is 24.3 Å². The molecule has 0 bridgehead atoms. The summed E-state index contributed by atoms with van der Waals surface area (Å²) in [6.45, 7) is 0.304. The molecule has 0 amide bonds. The topological polar surface area (TPSA) is 40.5 Å². The van der Waals surface area contributed by atoms with Gasteiger partial charge in [-0.25, -0.2) is 0 Å². The van der Waals surface area contributed by atoms with Crippen molar-refractivity contribution in [1.82, 2.24) is 0 Å². The molecule has 0 heterocycles. The molecule has 0 aliphatic heterocycles. The summed E-state index contributed by atoms with van der Waals surface area (Å²) in [6.07, 6.45) is 13.3. The molecule has 0 radical (unpaired) electrons. The Kier molecular flexibility index (Phi) is 10.9. The predicted molar refractivity (Wildman–Crippen MR) is 55.5 cm³/mol. The summed E-state index contributed by atoms with van der Waals surface area (Å²) in [5.74, 6) is 0. The third kappa shape index (κ3) is 11.4. The van der Waals surface area contributed by atoms with Crippen molar-refractivity contribution in [3.63, 3.8) is 0 Å². The Balaban J connectivity index is 2.99. The minimum atomic E-state index is 0.152. The predicted octanol–water partition coefficient (Wildman–Crippen LogP) is 2.03. The highest BCUT2D eigenvalue weighted by atomic mass is 16.3. The maximum atomic E-state index is 8.45. The third-order valence-electron chi connectivity index (χ3n) is 1.79. The molecule has 0 aromatic rings. The van der Waals surface area contributed by atoms with Gasteiger partial charge in [0, 0.05) is 0 Å². The lowest BCUT2D eigenvalue weighted by Gasteiger charge is -1.94. The van der Waals surface area contributed by atoms with Crippen LogP contribution in [0.15, 0.2) is 24.3 Å². The first kappa shape index (κ1) is 12.4. The molecular weight excluding hydrogens is 164 g/mol. The van der Waals surface area contributed by atoms with Crippen LogP contribution in [0, 0.1) is 0 Å². The summed E-state index contributed by atoms with van der Waals surface area (Å²) in [5.41, 5.74) is 0. The zero-order chi connectivity index (χ0) is 9.78. The highest BCUT2D eigenvalue weighted by Crippen LogP contribution is 2.03. The molecule has 2 heteroatoms. The molecule has 0 aromatic carbocycles. The number of aliphatic hydroxyl groups excluding tert-OH is 2. The molecule has 76 valence electrons. The van der Waals surface area contributed by atoms with Crippen LogP contribution in [0.1, 0.15) is 32.1 Å². The summed E-state index contributed by atoms with van der Waals surface area (Å²) in [7, 11) is 0. The molecule has 0 atom stereocenters. The van der Waals surface area contributed by atoms with E-state index < -0.39 is 0 Å². The van der Waals surface area contributed by atoms with Crippen molar-refractivity contribution < 1.29 is 10.2 Å². The van der Waals surface area contributed by atoms with E-state index in [9.17, 15) is 0 Å². The summed E-state index contributed by atoms with van der Waals surface area (Å²) in [4.78, 5) is 0. The molecule has 13 heavy (non-hydrogen) atoms. The largest absolute Gasteiger partial charge is 0.392 e. The number of allylic oxidation sites excluding steroid dienone is 2. The van der Waals surface area contributed by atoms with Crippen molar-refractivity contribution in [2.75, 3.05) is 13.2 Å². The van der Waals surface area contributed by atoms with Gasteiger partial charge in [0.2, 0.25) is 0 Å². The molecule has 0 rings (SSSR count). The van der Waals surface area contributed by atoms with Gasteiger partial charge in [0.05, 0.1) is 13.2 Å². The van der Waals surface area contributed by atoms with Gasteiger partial charge in [0.15, 0.2) is 0 Å². The van der Waals surface area contributed by atoms with E-state index in [0.29, 0.717) is 0 Å². The van der Waals surface area contributed by atoms with E-state index in [2.05, 4.69) is 0 Å². The number of unbranched alkanes of at least 4 members (excludes halogenated alkanes) is 4. The van der Waals surface area contributed by atoms with E-state index in [1.807, 2.05) is 12.2 Å². The quantitative estimate of drug-likeness (QED) is 0.447. The van der Waals surface area contributed by atoms with Crippen molar-refractivity contribution in [2.24, 2.45) is 0 Å². The van der Waals surface area contributed by atoms with Crippen molar-refractivity contribution in [2.45, 2.75) is 32.1 Å². The van der Waals surface area contributed by atoms with Crippen LogP contribution in [-0.2, 0) is 0 Å². The minimum absolute atomic E-state index is 0.152. The van der Waals surface area contributed by atoms with E-state index in [0.717, 1.165) is 12.8 Å². The Hall–Kier alpha value is -0.600. The van der Waals surface area contributed by atoms with E-state index in [-0.39, 0.29) is 13.2 Å². The number of rotatable bonds is 8. The molecule has 0 aliphatic carbocycles. The monoisotopic (exact) mass is 184 g/mol. The van der Waals surface area contributed by atoms with E-state index in [4.69, 9.17) is 10.2 Å². The lowest BCUT2D eigenvalue weighted by molar-refractivity contribution is 0.342. The first-order valence-electron chi connectivity index (χ1n) is 4.93. The summed E-state index contributed by atoms with van der Waals surface area (Å²) >= 11 is 0. The van der Waals surface area contributed by atoms with E-state index in [1.54, 1.807) is 12.2 Å². The van der Waals surface area contributed by atoms with Gasteiger partial charge < -0.3 is 10.2 Å². The Morgan fingerprint density at radius 3 is 1.46 bits per heavy atom. The van der Waals surface area contributed by atoms with Gasteiger partial charge in [-0.05, 0) is 25.7 Å². The average molecular weight is 184 g/mol. The summed E-state index contributed by atoms with van der Waals surface area (Å²) in [6, 6.07) is 0. The van der Waals surface area contributed by atoms with Gasteiger partial charge in [-0.3, -0.25) is 0 Å². The fraction of sp³-hybridized carbons (Fsp3) is 0.636. The van der Waals surface area contributed by atoms with Crippen LogP contribution < -0.4 is 0 Å². The van der Waals surface area contributed by atoms with Gasteiger partial charge in [0.25, 0.3) is 0 Å².